The van der Waals surface area contributed by atoms with E-state index in [1.165, 1.54) is 0 Å². The van der Waals surface area contributed by atoms with Crippen molar-refractivity contribution in [3.05, 3.63) is 289 Å². The lowest BCUT2D eigenvalue weighted by atomic mass is 9.66. The van der Waals surface area contributed by atoms with Gasteiger partial charge in [0.1, 0.15) is 11.5 Å². The highest BCUT2D eigenvalue weighted by molar-refractivity contribution is 5.93. The summed E-state index contributed by atoms with van der Waals surface area (Å²) >= 11 is 0. The Bertz CT molecular complexity index is 3200. The highest BCUT2D eigenvalue weighted by atomic mass is 16.5. The highest BCUT2D eigenvalue weighted by Crippen LogP contribution is 2.62. The van der Waals surface area contributed by atoms with Gasteiger partial charge in [-0.15, -0.1) is 0 Å². The van der Waals surface area contributed by atoms with Crippen molar-refractivity contribution in [2.45, 2.75) is 5.41 Å². The molecule has 4 nitrogen and oxygen atoms in total. The van der Waals surface area contributed by atoms with E-state index < -0.39 is 5.41 Å². The van der Waals surface area contributed by atoms with Crippen LogP contribution in [0.15, 0.2) is 256 Å². The third-order valence-corrected chi connectivity index (χ3v) is 13.8. The SMILES string of the molecule is C=Cc1ccc(-c2ccc(C3(c4ccc(-c5ccc(C=C)cc5)cc4OC)c4cc(N(c5ccccc5)c5ccccc5)ccc4-c4ccc(N(c5ccccc5)c5ccccc5)cc43)c(OC)c2)cc1. The minimum Gasteiger partial charge on any atom is -0.496 e. The molecule has 0 amide bonds. The van der Waals surface area contributed by atoms with Crippen LogP contribution >= 0.6 is 0 Å². The molecule has 0 bridgehead atoms. The van der Waals surface area contributed by atoms with Gasteiger partial charge in [0.15, 0.2) is 0 Å². The molecular weight excluding hydrogens is 865 g/mol. The summed E-state index contributed by atoms with van der Waals surface area (Å²) in [6.07, 6.45) is 3.74. The van der Waals surface area contributed by atoms with Gasteiger partial charge in [-0.3, -0.25) is 0 Å². The summed E-state index contributed by atoms with van der Waals surface area (Å²) in [7, 11) is 3.57. The van der Waals surface area contributed by atoms with Gasteiger partial charge >= 0.3 is 0 Å². The predicted octanol–water partition coefficient (Wildman–Crippen LogP) is 17.6. The number of nitrogens with zero attached hydrogens (tertiary/aromatic N) is 2. The molecule has 342 valence electrons. The summed E-state index contributed by atoms with van der Waals surface area (Å²) < 4.78 is 13.4. The smallest absolute Gasteiger partial charge is 0.124 e. The fourth-order valence-electron chi connectivity index (χ4n) is 10.5. The maximum Gasteiger partial charge on any atom is 0.124 e. The Labute approximate surface area is 417 Å². The van der Waals surface area contributed by atoms with E-state index in [-0.39, 0.29) is 0 Å². The molecule has 1 aliphatic carbocycles. The zero-order valence-electron chi connectivity index (χ0n) is 39.9. The van der Waals surface area contributed by atoms with Crippen molar-refractivity contribution in [2.24, 2.45) is 0 Å². The number of benzene rings is 10. The number of hydrogen-bond donors (Lipinski definition) is 0. The lowest BCUT2D eigenvalue weighted by molar-refractivity contribution is 0.396. The van der Waals surface area contributed by atoms with Crippen LogP contribution in [-0.4, -0.2) is 14.2 Å². The number of hydrogen-bond acceptors (Lipinski definition) is 4. The Morgan fingerprint density at radius 3 is 0.958 bits per heavy atom. The fourth-order valence-corrected chi connectivity index (χ4v) is 10.5. The van der Waals surface area contributed by atoms with Crippen molar-refractivity contribution >= 4 is 46.3 Å². The van der Waals surface area contributed by atoms with Gasteiger partial charge in [0.05, 0.1) is 19.6 Å². The molecule has 10 aromatic rings. The monoisotopic (exact) mass is 916 g/mol. The van der Waals surface area contributed by atoms with Crippen molar-refractivity contribution in [3.8, 4) is 44.9 Å². The quantitative estimate of drug-likeness (QED) is 0.109. The minimum atomic E-state index is -0.998. The molecule has 10 aromatic carbocycles. The minimum absolute atomic E-state index is 0.752. The van der Waals surface area contributed by atoms with Crippen molar-refractivity contribution in [2.75, 3.05) is 24.0 Å². The van der Waals surface area contributed by atoms with Crippen molar-refractivity contribution in [1.82, 2.24) is 0 Å². The maximum absolute atomic E-state index is 6.68. The standard InChI is InChI=1S/C67H52N2O2/c1-5-47-27-31-49(32-28-47)51-35-41-61(65(43-51)70-3)67(62-42-36-52(44-66(62)71-4)50-33-29-48(6-2)30-34-50)63-45-57(68(53-19-11-7-12-20-53)54-21-13-8-14-22-54)37-39-59(63)60-40-38-58(46-64(60)67)69(55-23-15-9-16-24-55)56-25-17-10-18-26-56/h5-46H,1-2H2,3-4H3. The number of methoxy groups -OCH3 is 2. The molecule has 71 heavy (non-hydrogen) atoms. The second kappa shape index (κ2) is 19.1. The van der Waals surface area contributed by atoms with Gasteiger partial charge in [-0.05, 0) is 141 Å². The van der Waals surface area contributed by atoms with Crippen molar-refractivity contribution in [3.63, 3.8) is 0 Å². The summed E-state index contributed by atoms with van der Waals surface area (Å²) in [4.78, 5) is 4.68. The van der Waals surface area contributed by atoms with E-state index in [1.807, 2.05) is 12.2 Å². The number of rotatable bonds is 14. The molecule has 0 fully saturated rings. The van der Waals surface area contributed by atoms with Gasteiger partial charge < -0.3 is 19.3 Å². The van der Waals surface area contributed by atoms with Crippen LogP contribution in [-0.2, 0) is 5.41 Å². The molecule has 0 heterocycles. The normalized spacial score (nSPS) is 12.0. The van der Waals surface area contributed by atoms with E-state index in [0.717, 1.165) is 112 Å². The first-order chi connectivity index (χ1) is 35.0. The summed E-state index contributed by atoms with van der Waals surface area (Å²) in [6, 6.07) is 86.7. The second-order valence-corrected chi connectivity index (χ2v) is 17.7. The maximum atomic E-state index is 6.68. The third kappa shape index (κ3) is 7.96. The van der Waals surface area contributed by atoms with E-state index in [9.17, 15) is 0 Å². The van der Waals surface area contributed by atoms with E-state index in [1.54, 1.807) is 14.2 Å². The van der Waals surface area contributed by atoms with E-state index >= 15 is 0 Å². The van der Waals surface area contributed by atoms with E-state index in [4.69, 9.17) is 9.47 Å². The molecule has 0 radical (unpaired) electrons. The van der Waals surface area contributed by atoms with Gasteiger partial charge in [-0.2, -0.15) is 0 Å². The number of para-hydroxylation sites is 4. The number of fused-ring (bicyclic) bond motifs is 3. The van der Waals surface area contributed by atoms with Crippen LogP contribution in [0.2, 0.25) is 0 Å². The molecule has 1 aliphatic rings. The van der Waals surface area contributed by atoms with Crippen LogP contribution in [0.25, 0.3) is 45.5 Å². The van der Waals surface area contributed by atoms with Crippen LogP contribution in [0.1, 0.15) is 33.4 Å². The van der Waals surface area contributed by atoms with Crippen LogP contribution in [0.5, 0.6) is 11.5 Å². The molecule has 11 rings (SSSR count). The Morgan fingerprint density at radius 2 is 0.648 bits per heavy atom. The average Bonchev–Trinajstić information content (AvgIpc) is 3.73. The lowest BCUT2D eigenvalue weighted by Crippen LogP contribution is -2.30. The van der Waals surface area contributed by atoms with Gasteiger partial charge in [0.25, 0.3) is 0 Å². The van der Waals surface area contributed by atoms with Crippen molar-refractivity contribution < 1.29 is 9.47 Å². The molecule has 4 heteroatoms. The fraction of sp³-hybridized carbons (Fsp3) is 0.0448. The Kier molecular flexibility index (Phi) is 11.9. The summed E-state index contributed by atoms with van der Waals surface area (Å²) in [6.45, 7) is 7.99. The average molecular weight is 917 g/mol. The Morgan fingerprint density at radius 1 is 0.324 bits per heavy atom. The summed E-state index contributed by atoms with van der Waals surface area (Å²) in [5.74, 6) is 1.50. The molecule has 0 aliphatic heterocycles. The highest BCUT2D eigenvalue weighted by Gasteiger charge is 2.50. The van der Waals surface area contributed by atoms with Crippen LogP contribution in [0, 0.1) is 0 Å². The molecule has 0 saturated heterocycles. The predicted molar refractivity (Wildman–Crippen MR) is 297 cm³/mol. The van der Waals surface area contributed by atoms with Gasteiger partial charge in [0, 0.05) is 45.3 Å². The Balaban J connectivity index is 1.25. The molecule has 0 spiro atoms. The third-order valence-electron chi connectivity index (χ3n) is 13.8. The van der Waals surface area contributed by atoms with Crippen LogP contribution < -0.4 is 19.3 Å². The van der Waals surface area contributed by atoms with Gasteiger partial charge in [0.2, 0.25) is 0 Å². The molecule has 0 atom stereocenters. The Hall–Kier alpha value is -9.12. The van der Waals surface area contributed by atoms with Gasteiger partial charge in [-0.25, -0.2) is 0 Å². The van der Waals surface area contributed by atoms with Crippen LogP contribution in [0.3, 0.4) is 0 Å². The first kappa shape index (κ1) is 44.4. The first-order valence-corrected chi connectivity index (χ1v) is 23.9. The molecule has 0 N–H and O–H groups in total. The lowest BCUT2D eigenvalue weighted by Gasteiger charge is -2.37. The zero-order valence-corrected chi connectivity index (χ0v) is 39.9. The summed E-state index contributed by atoms with van der Waals surface area (Å²) in [5, 5.41) is 0. The largest absolute Gasteiger partial charge is 0.496 e. The zero-order chi connectivity index (χ0) is 48.3. The number of ether oxygens (including phenoxy) is 2. The van der Waals surface area contributed by atoms with E-state index in [2.05, 4.69) is 266 Å². The van der Waals surface area contributed by atoms with Crippen LogP contribution in [0.4, 0.5) is 34.1 Å². The summed E-state index contributed by atoms with van der Waals surface area (Å²) in [5.41, 5.74) is 18.1. The second-order valence-electron chi connectivity index (χ2n) is 17.7. The molecule has 0 aromatic heterocycles. The van der Waals surface area contributed by atoms with E-state index in [0.29, 0.717) is 0 Å². The van der Waals surface area contributed by atoms with Gasteiger partial charge in [-0.1, -0.05) is 183 Å². The molecule has 0 unspecified atom stereocenters. The number of anilines is 6. The molecular formula is C67H52N2O2. The topological polar surface area (TPSA) is 24.9 Å². The molecule has 0 saturated carbocycles. The van der Waals surface area contributed by atoms with Crippen molar-refractivity contribution in [1.29, 1.82) is 0 Å². The first-order valence-electron chi connectivity index (χ1n) is 23.9.